The summed E-state index contributed by atoms with van der Waals surface area (Å²) in [5, 5.41) is 17.1. The van der Waals surface area contributed by atoms with Gasteiger partial charge in [0.05, 0.1) is 23.9 Å². The third kappa shape index (κ3) is 2.97. The minimum Gasteiger partial charge on any atom is -0.352 e. The van der Waals surface area contributed by atoms with Gasteiger partial charge >= 0.3 is 5.69 Å². The Hall–Kier alpha value is -2.58. The van der Waals surface area contributed by atoms with Crippen molar-refractivity contribution >= 4 is 11.6 Å². The average Bonchev–Trinajstić information content (AvgIpc) is 2.81. The van der Waals surface area contributed by atoms with Crippen LogP contribution >= 0.6 is 0 Å². The third-order valence-corrected chi connectivity index (χ3v) is 2.07. The van der Waals surface area contributed by atoms with Crippen molar-refractivity contribution in [3.05, 3.63) is 40.7 Å². The summed E-state index contributed by atoms with van der Waals surface area (Å²) in [7, 11) is 0. The van der Waals surface area contributed by atoms with E-state index in [1.807, 2.05) is 0 Å². The SMILES string of the molecule is O=[N+]([O-])c1cnn(CCNc2ncc(F)cn2)c1. The maximum absolute atomic E-state index is 12.5. The summed E-state index contributed by atoms with van der Waals surface area (Å²) < 4.78 is 13.9. The van der Waals surface area contributed by atoms with Crippen LogP contribution in [0.1, 0.15) is 0 Å². The van der Waals surface area contributed by atoms with Gasteiger partial charge in [-0.15, -0.1) is 0 Å². The second-order valence-corrected chi connectivity index (χ2v) is 3.37. The second kappa shape index (κ2) is 5.17. The fourth-order valence-corrected chi connectivity index (χ4v) is 1.26. The van der Waals surface area contributed by atoms with Crippen LogP contribution < -0.4 is 5.32 Å². The number of rotatable bonds is 5. The van der Waals surface area contributed by atoms with Gasteiger partial charge in [0.15, 0.2) is 5.82 Å². The minimum absolute atomic E-state index is 0.0620. The van der Waals surface area contributed by atoms with Gasteiger partial charge in [0.2, 0.25) is 5.95 Å². The fraction of sp³-hybridized carbons (Fsp3) is 0.222. The molecule has 0 saturated heterocycles. The highest BCUT2D eigenvalue weighted by Gasteiger charge is 2.08. The van der Waals surface area contributed by atoms with Crippen LogP contribution in [-0.4, -0.2) is 31.2 Å². The van der Waals surface area contributed by atoms with Crippen molar-refractivity contribution in [1.82, 2.24) is 19.7 Å². The largest absolute Gasteiger partial charge is 0.352 e. The van der Waals surface area contributed by atoms with Gasteiger partial charge in [0, 0.05) is 6.54 Å². The van der Waals surface area contributed by atoms with Gasteiger partial charge in [-0.3, -0.25) is 14.8 Å². The molecule has 0 aliphatic heterocycles. The Labute approximate surface area is 101 Å². The Balaban J connectivity index is 1.84. The Kier molecular flexibility index (Phi) is 3.41. The van der Waals surface area contributed by atoms with Crippen LogP contribution in [-0.2, 0) is 6.54 Å². The number of anilines is 1. The maximum atomic E-state index is 12.5. The lowest BCUT2D eigenvalue weighted by atomic mass is 10.6. The van der Waals surface area contributed by atoms with Crippen LogP contribution in [0.5, 0.6) is 0 Å². The van der Waals surface area contributed by atoms with E-state index in [0.29, 0.717) is 13.1 Å². The number of nitrogens with one attached hydrogen (secondary N) is 1. The molecule has 2 aromatic heterocycles. The van der Waals surface area contributed by atoms with Crippen molar-refractivity contribution < 1.29 is 9.31 Å². The molecule has 94 valence electrons. The monoisotopic (exact) mass is 252 g/mol. The van der Waals surface area contributed by atoms with Gasteiger partial charge in [0.1, 0.15) is 12.4 Å². The Morgan fingerprint density at radius 3 is 2.72 bits per heavy atom. The van der Waals surface area contributed by atoms with Crippen molar-refractivity contribution in [2.75, 3.05) is 11.9 Å². The number of hydrogen-bond acceptors (Lipinski definition) is 6. The highest BCUT2D eigenvalue weighted by Crippen LogP contribution is 2.07. The summed E-state index contributed by atoms with van der Waals surface area (Å²) in [6, 6.07) is 0. The Morgan fingerprint density at radius 1 is 1.39 bits per heavy atom. The van der Waals surface area contributed by atoms with Crippen LogP contribution in [0.4, 0.5) is 16.0 Å². The molecule has 0 amide bonds. The van der Waals surface area contributed by atoms with E-state index in [2.05, 4.69) is 20.4 Å². The van der Waals surface area contributed by atoms with E-state index in [9.17, 15) is 14.5 Å². The molecule has 2 aromatic rings. The molecule has 0 unspecified atom stereocenters. The molecule has 0 aliphatic carbocycles. The van der Waals surface area contributed by atoms with E-state index < -0.39 is 10.7 Å². The molecule has 0 fully saturated rings. The predicted octanol–water partition coefficient (Wildman–Crippen LogP) is 0.832. The van der Waals surface area contributed by atoms with Gasteiger partial charge in [-0.05, 0) is 0 Å². The molecule has 8 nitrogen and oxygen atoms in total. The molecule has 0 aliphatic rings. The Bertz CT molecular complexity index is 540. The van der Waals surface area contributed by atoms with E-state index in [1.54, 1.807) is 0 Å². The van der Waals surface area contributed by atoms with Gasteiger partial charge in [-0.2, -0.15) is 5.10 Å². The minimum atomic E-state index is -0.514. The summed E-state index contributed by atoms with van der Waals surface area (Å²) in [5.41, 5.74) is -0.0620. The molecular weight excluding hydrogens is 243 g/mol. The zero-order valence-corrected chi connectivity index (χ0v) is 9.15. The first-order valence-corrected chi connectivity index (χ1v) is 5.03. The summed E-state index contributed by atoms with van der Waals surface area (Å²) in [4.78, 5) is 17.3. The van der Waals surface area contributed by atoms with Gasteiger partial charge in [-0.25, -0.2) is 14.4 Å². The van der Waals surface area contributed by atoms with E-state index >= 15 is 0 Å². The average molecular weight is 252 g/mol. The molecule has 1 N–H and O–H groups in total. The molecule has 2 rings (SSSR count). The summed E-state index contributed by atoms with van der Waals surface area (Å²) in [5.74, 6) is -0.221. The van der Waals surface area contributed by atoms with Gasteiger partial charge in [0.25, 0.3) is 0 Å². The standard InChI is InChI=1S/C9H9FN6O2/c10-7-3-12-9(13-4-7)11-1-2-15-6-8(5-14-15)16(17)18/h3-6H,1-2H2,(H,11,12,13). The zero-order chi connectivity index (χ0) is 13.0. The first kappa shape index (κ1) is 11.9. The lowest BCUT2D eigenvalue weighted by Gasteiger charge is -2.03. The first-order valence-electron chi connectivity index (χ1n) is 5.03. The van der Waals surface area contributed by atoms with Crippen molar-refractivity contribution in [3.63, 3.8) is 0 Å². The summed E-state index contributed by atoms with van der Waals surface area (Å²) >= 11 is 0. The lowest BCUT2D eigenvalue weighted by molar-refractivity contribution is -0.385. The summed E-state index contributed by atoms with van der Waals surface area (Å²) in [6.07, 6.45) is 4.60. The normalized spacial score (nSPS) is 10.3. The molecule has 0 atom stereocenters. The van der Waals surface area contributed by atoms with E-state index in [1.165, 1.54) is 17.1 Å². The van der Waals surface area contributed by atoms with Crippen molar-refractivity contribution in [1.29, 1.82) is 0 Å². The second-order valence-electron chi connectivity index (χ2n) is 3.37. The van der Waals surface area contributed by atoms with E-state index in [-0.39, 0.29) is 11.6 Å². The van der Waals surface area contributed by atoms with Crippen LogP contribution in [0.2, 0.25) is 0 Å². The van der Waals surface area contributed by atoms with Crippen molar-refractivity contribution in [2.24, 2.45) is 0 Å². The number of nitro groups is 1. The number of nitrogens with zero attached hydrogens (tertiary/aromatic N) is 5. The molecule has 0 spiro atoms. The topological polar surface area (TPSA) is 98.8 Å². The number of hydrogen-bond donors (Lipinski definition) is 1. The molecule has 9 heteroatoms. The van der Waals surface area contributed by atoms with Crippen molar-refractivity contribution in [3.8, 4) is 0 Å². The highest BCUT2D eigenvalue weighted by molar-refractivity contribution is 5.23. The summed E-state index contributed by atoms with van der Waals surface area (Å²) in [6.45, 7) is 0.832. The van der Waals surface area contributed by atoms with Crippen LogP contribution in [0, 0.1) is 15.9 Å². The van der Waals surface area contributed by atoms with Gasteiger partial charge < -0.3 is 5.32 Å². The highest BCUT2D eigenvalue weighted by atomic mass is 19.1. The molecule has 2 heterocycles. The van der Waals surface area contributed by atoms with Crippen LogP contribution in [0.25, 0.3) is 0 Å². The molecule has 0 bridgehead atoms. The number of aromatic nitrogens is 4. The van der Waals surface area contributed by atoms with E-state index in [4.69, 9.17) is 0 Å². The van der Waals surface area contributed by atoms with Crippen LogP contribution in [0.3, 0.4) is 0 Å². The van der Waals surface area contributed by atoms with E-state index in [0.717, 1.165) is 12.4 Å². The molecule has 18 heavy (non-hydrogen) atoms. The van der Waals surface area contributed by atoms with Gasteiger partial charge in [-0.1, -0.05) is 0 Å². The molecule has 0 saturated carbocycles. The zero-order valence-electron chi connectivity index (χ0n) is 9.15. The molecule has 0 aromatic carbocycles. The van der Waals surface area contributed by atoms with Crippen LogP contribution in [0.15, 0.2) is 24.8 Å². The molecular formula is C9H9FN6O2. The number of halogens is 1. The predicted molar refractivity (Wildman–Crippen MR) is 59.4 cm³/mol. The fourth-order valence-electron chi connectivity index (χ4n) is 1.26. The first-order chi connectivity index (χ1) is 8.65. The quantitative estimate of drug-likeness (QED) is 0.625. The maximum Gasteiger partial charge on any atom is 0.306 e. The Morgan fingerprint density at radius 2 is 2.11 bits per heavy atom. The van der Waals surface area contributed by atoms with Crippen molar-refractivity contribution in [2.45, 2.75) is 6.54 Å². The molecule has 0 radical (unpaired) electrons. The smallest absolute Gasteiger partial charge is 0.306 e. The third-order valence-electron chi connectivity index (χ3n) is 2.07. The lowest BCUT2D eigenvalue weighted by Crippen LogP contribution is -2.12.